The molecule has 3 N–H and O–H groups in total. The number of carbonyl (C=O) groups excluding carboxylic acids is 1. The van der Waals surface area contributed by atoms with Crippen molar-refractivity contribution in [1.29, 1.82) is 0 Å². The molecule has 0 aromatic carbocycles. The van der Waals surface area contributed by atoms with E-state index in [4.69, 9.17) is 5.73 Å². The van der Waals surface area contributed by atoms with Crippen molar-refractivity contribution in [3.05, 3.63) is 0 Å². The second kappa shape index (κ2) is 6.36. The monoisotopic (exact) mass is 241 g/mol. The van der Waals surface area contributed by atoms with Crippen molar-refractivity contribution in [3.63, 3.8) is 0 Å². The van der Waals surface area contributed by atoms with Gasteiger partial charge in [-0.15, -0.1) is 0 Å². The van der Waals surface area contributed by atoms with Gasteiger partial charge in [0.25, 0.3) is 0 Å². The number of nitrogens with one attached hydrogen (secondary N) is 1. The van der Waals surface area contributed by atoms with Crippen LogP contribution >= 0.6 is 0 Å². The predicted molar refractivity (Wildman–Crippen MR) is 70.4 cm³/mol. The van der Waals surface area contributed by atoms with Crippen LogP contribution in [0.2, 0.25) is 0 Å². The molecule has 1 aliphatic carbocycles. The van der Waals surface area contributed by atoms with Gasteiger partial charge in [-0.2, -0.15) is 0 Å². The Hall–Kier alpha value is -0.610. The summed E-state index contributed by atoms with van der Waals surface area (Å²) >= 11 is 0. The molecule has 1 saturated carbocycles. The lowest BCUT2D eigenvalue weighted by Crippen LogP contribution is -2.53. The van der Waals surface area contributed by atoms with Crippen LogP contribution in [0, 0.1) is 11.8 Å². The van der Waals surface area contributed by atoms with Crippen molar-refractivity contribution in [2.75, 3.05) is 13.7 Å². The van der Waals surface area contributed by atoms with Crippen molar-refractivity contribution in [2.45, 2.75) is 52.1 Å². The molecule has 1 rings (SSSR count). The highest BCUT2D eigenvalue weighted by atomic mass is 16.2. The molecule has 0 bridgehead atoms. The standard InChI is InChI=1S/C13H27N3O/c1-9(2)12(14)13(17)16(8-15-4)11-7-5-6-10(11)3/h9-12,15H,5-8,14H2,1-4H3. The molecule has 1 amide bonds. The second-order valence-corrected chi connectivity index (χ2v) is 5.57. The molecule has 3 unspecified atom stereocenters. The molecule has 4 nitrogen and oxygen atoms in total. The maximum absolute atomic E-state index is 12.4. The Kier molecular flexibility index (Phi) is 5.40. The Morgan fingerprint density at radius 2 is 2.12 bits per heavy atom. The number of amides is 1. The van der Waals surface area contributed by atoms with Crippen LogP contribution in [0.5, 0.6) is 0 Å². The fraction of sp³-hybridized carbons (Fsp3) is 0.923. The van der Waals surface area contributed by atoms with Gasteiger partial charge in [-0.05, 0) is 31.7 Å². The molecule has 0 radical (unpaired) electrons. The second-order valence-electron chi connectivity index (χ2n) is 5.57. The zero-order valence-corrected chi connectivity index (χ0v) is 11.6. The van der Waals surface area contributed by atoms with E-state index >= 15 is 0 Å². The van der Waals surface area contributed by atoms with Gasteiger partial charge in [0.05, 0.1) is 12.7 Å². The van der Waals surface area contributed by atoms with E-state index in [2.05, 4.69) is 12.2 Å². The number of hydrogen-bond donors (Lipinski definition) is 2. The van der Waals surface area contributed by atoms with Crippen molar-refractivity contribution >= 4 is 5.91 Å². The molecule has 17 heavy (non-hydrogen) atoms. The van der Waals surface area contributed by atoms with Crippen molar-refractivity contribution in [2.24, 2.45) is 17.6 Å². The van der Waals surface area contributed by atoms with Crippen LogP contribution in [-0.4, -0.2) is 36.6 Å². The molecule has 1 aliphatic rings. The average Bonchev–Trinajstić information content (AvgIpc) is 2.70. The summed E-state index contributed by atoms with van der Waals surface area (Å²) in [5.74, 6) is 0.873. The fourth-order valence-corrected chi connectivity index (χ4v) is 2.59. The van der Waals surface area contributed by atoms with Crippen LogP contribution in [0.3, 0.4) is 0 Å². The Morgan fingerprint density at radius 1 is 1.47 bits per heavy atom. The third kappa shape index (κ3) is 3.42. The van der Waals surface area contributed by atoms with Crippen molar-refractivity contribution in [1.82, 2.24) is 10.2 Å². The molecular weight excluding hydrogens is 214 g/mol. The summed E-state index contributed by atoms with van der Waals surface area (Å²) in [5.41, 5.74) is 5.99. The first-order valence-corrected chi connectivity index (χ1v) is 6.69. The zero-order chi connectivity index (χ0) is 13.0. The lowest BCUT2D eigenvalue weighted by molar-refractivity contribution is -0.137. The quantitative estimate of drug-likeness (QED) is 0.710. The van der Waals surface area contributed by atoms with Crippen molar-refractivity contribution < 1.29 is 4.79 Å². The van der Waals surface area contributed by atoms with E-state index in [1.807, 2.05) is 25.8 Å². The van der Waals surface area contributed by atoms with Gasteiger partial charge < -0.3 is 16.0 Å². The molecule has 0 saturated heterocycles. The highest BCUT2D eigenvalue weighted by Crippen LogP contribution is 2.29. The summed E-state index contributed by atoms with van der Waals surface area (Å²) in [7, 11) is 1.88. The zero-order valence-electron chi connectivity index (χ0n) is 11.6. The van der Waals surface area contributed by atoms with Crippen LogP contribution in [-0.2, 0) is 4.79 Å². The first kappa shape index (κ1) is 14.5. The van der Waals surface area contributed by atoms with Gasteiger partial charge >= 0.3 is 0 Å². The minimum atomic E-state index is -0.379. The Morgan fingerprint density at radius 3 is 2.53 bits per heavy atom. The number of carbonyl (C=O) groups is 1. The molecule has 4 heteroatoms. The van der Waals surface area contributed by atoms with Gasteiger partial charge in [0.15, 0.2) is 0 Å². The third-order valence-electron chi connectivity index (χ3n) is 3.83. The smallest absolute Gasteiger partial charge is 0.241 e. The first-order chi connectivity index (χ1) is 7.99. The summed E-state index contributed by atoms with van der Waals surface area (Å²) in [6, 6.07) is -0.0177. The predicted octanol–water partition coefficient (Wildman–Crippen LogP) is 1.16. The van der Waals surface area contributed by atoms with E-state index in [0.717, 1.165) is 6.42 Å². The summed E-state index contributed by atoms with van der Waals surface area (Å²) in [6.45, 7) is 6.83. The third-order valence-corrected chi connectivity index (χ3v) is 3.83. The van der Waals surface area contributed by atoms with Gasteiger partial charge in [0.1, 0.15) is 0 Å². The van der Waals surface area contributed by atoms with Gasteiger partial charge in [-0.1, -0.05) is 27.2 Å². The number of rotatable bonds is 5. The van der Waals surface area contributed by atoms with Crippen LogP contribution in [0.1, 0.15) is 40.0 Å². The maximum atomic E-state index is 12.4. The first-order valence-electron chi connectivity index (χ1n) is 6.69. The van der Waals surface area contributed by atoms with Crippen LogP contribution in [0.15, 0.2) is 0 Å². The highest BCUT2D eigenvalue weighted by molar-refractivity contribution is 5.82. The van der Waals surface area contributed by atoms with Crippen LogP contribution < -0.4 is 11.1 Å². The minimum Gasteiger partial charge on any atom is -0.325 e. The molecule has 3 atom stereocenters. The molecule has 1 fully saturated rings. The van der Waals surface area contributed by atoms with E-state index in [-0.39, 0.29) is 17.9 Å². The number of hydrogen-bond acceptors (Lipinski definition) is 3. The molecule has 0 heterocycles. The normalized spacial score (nSPS) is 26.2. The van der Waals surface area contributed by atoms with Crippen molar-refractivity contribution in [3.8, 4) is 0 Å². The SMILES string of the molecule is CNCN(C(=O)C(N)C(C)C)C1CCCC1C. The Balaban J connectivity index is 2.74. The maximum Gasteiger partial charge on any atom is 0.241 e. The molecule has 0 aliphatic heterocycles. The number of nitrogens with two attached hydrogens (primary N) is 1. The highest BCUT2D eigenvalue weighted by Gasteiger charge is 2.34. The molecule has 0 aromatic heterocycles. The Bertz CT molecular complexity index is 255. The Labute approximate surface area is 105 Å². The lowest BCUT2D eigenvalue weighted by Gasteiger charge is -2.34. The van der Waals surface area contributed by atoms with E-state index < -0.39 is 0 Å². The number of nitrogens with zero attached hydrogens (tertiary/aromatic N) is 1. The topological polar surface area (TPSA) is 58.4 Å². The molecule has 100 valence electrons. The van der Waals surface area contributed by atoms with Gasteiger partial charge in [0, 0.05) is 6.04 Å². The minimum absolute atomic E-state index is 0.0908. The largest absolute Gasteiger partial charge is 0.325 e. The van der Waals surface area contributed by atoms with E-state index in [9.17, 15) is 4.79 Å². The van der Waals surface area contributed by atoms with Gasteiger partial charge in [0.2, 0.25) is 5.91 Å². The average molecular weight is 241 g/mol. The molecular formula is C13H27N3O. The molecule has 0 spiro atoms. The van der Waals surface area contributed by atoms with E-state index in [1.165, 1.54) is 12.8 Å². The fourth-order valence-electron chi connectivity index (χ4n) is 2.59. The lowest BCUT2D eigenvalue weighted by atomic mass is 10.0. The van der Waals surface area contributed by atoms with Crippen LogP contribution in [0.25, 0.3) is 0 Å². The van der Waals surface area contributed by atoms with Gasteiger partial charge in [-0.25, -0.2) is 0 Å². The summed E-state index contributed by atoms with van der Waals surface area (Å²) in [6.07, 6.45) is 3.55. The van der Waals surface area contributed by atoms with E-state index in [0.29, 0.717) is 18.6 Å². The summed E-state index contributed by atoms with van der Waals surface area (Å²) < 4.78 is 0. The van der Waals surface area contributed by atoms with E-state index in [1.54, 1.807) is 0 Å². The summed E-state index contributed by atoms with van der Waals surface area (Å²) in [4.78, 5) is 14.3. The summed E-state index contributed by atoms with van der Waals surface area (Å²) in [5, 5.41) is 3.09. The van der Waals surface area contributed by atoms with Gasteiger partial charge in [-0.3, -0.25) is 4.79 Å². The molecule has 0 aromatic rings. The van der Waals surface area contributed by atoms with Crippen LogP contribution in [0.4, 0.5) is 0 Å².